The third-order valence-electron chi connectivity index (χ3n) is 4.58. The normalized spacial score (nSPS) is 15.3. The number of rotatable bonds is 3. The molecule has 1 fully saturated rings. The molecule has 2 nitrogen and oxygen atoms in total. The van der Waals surface area contributed by atoms with E-state index >= 15 is 0 Å². The fourth-order valence-corrected chi connectivity index (χ4v) is 3.45. The maximum atomic E-state index is 13.0. The Balaban J connectivity index is 1.61. The van der Waals surface area contributed by atoms with Crippen LogP contribution >= 0.6 is 12.2 Å². The summed E-state index contributed by atoms with van der Waals surface area (Å²) in [5.74, 6) is -0.0246. The summed E-state index contributed by atoms with van der Waals surface area (Å²) in [6.07, 6.45) is 1.75. The first-order chi connectivity index (χ1) is 11.5. The molecule has 0 spiro atoms. The second-order valence-corrected chi connectivity index (χ2v) is 6.74. The topological polar surface area (TPSA) is 20.3 Å². The zero-order valence-corrected chi connectivity index (χ0v) is 14.5. The summed E-state index contributed by atoms with van der Waals surface area (Å²) in [5.41, 5.74) is 2.87. The van der Waals surface area contributed by atoms with Crippen molar-refractivity contribution in [2.75, 3.05) is 13.1 Å². The van der Waals surface area contributed by atoms with Gasteiger partial charge in [-0.05, 0) is 55.5 Å². The summed E-state index contributed by atoms with van der Waals surface area (Å²) in [4.78, 5) is 15.3. The van der Waals surface area contributed by atoms with E-state index in [4.69, 9.17) is 12.2 Å². The Morgan fingerprint density at radius 3 is 2.12 bits per heavy atom. The van der Waals surface area contributed by atoms with Crippen molar-refractivity contribution in [1.82, 2.24) is 4.90 Å². The number of benzene rings is 2. The average Bonchev–Trinajstić information content (AvgIpc) is 2.62. The Labute approximate surface area is 147 Å². The predicted octanol–water partition coefficient (Wildman–Crippen LogP) is 4.40. The summed E-state index contributed by atoms with van der Waals surface area (Å²) >= 11 is 5.65. The van der Waals surface area contributed by atoms with Crippen molar-refractivity contribution >= 4 is 23.0 Å². The first-order valence-corrected chi connectivity index (χ1v) is 8.61. The molecule has 1 heterocycles. The van der Waals surface area contributed by atoms with E-state index in [-0.39, 0.29) is 11.7 Å². The highest BCUT2D eigenvalue weighted by Crippen LogP contribution is 2.24. The molecule has 0 aliphatic carbocycles. The maximum Gasteiger partial charge on any atom is 0.253 e. The van der Waals surface area contributed by atoms with Crippen LogP contribution in [0.15, 0.2) is 48.5 Å². The molecule has 0 atom stereocenters. The number of amides is 1. The van der Waals surface area contributed by atoms with Gasteiger partial charge in [-0.15, -0.1) is 0 Å². The van der Waals surface area contributed by atoms with Gasteiger partial charge in [-0.2, -0.15) is 0 Å². The molecule has 0 aromatic heterocycles. The van der Waals surface area contributed by atoms with Gasteiger partial charge in [0.1, 0.15) is 5.82 Å². The third-order valence-corrected chi connectivity index (χ3v) is 5.15. The summed E-state index contributed by atoms with van der Waals surface area (Å²) in [7, 11) is 0. The highest BCUT2D eigenvalue weighted by atomic mass is 32.1. The number of halogens is 1. The van der Waals surface area contributed by atoms with E-state index in [1.165, 1.54) is 17.7 Å². The van der Waals surface area contributed by atoms with Crippen LogP contribution in [0.3, 0.4) is 0 Å². The molecule has 0 N–H and O–H groups in total. The molecule has 1 aliphatic heterocycles. The lowest BCUT2D eigenvalue weighted by Gasteiger charge is -2.32. The third kappa shape index (κ3) is 3.70. The van der Waals surface area contributed by atoms with Crippen LogP contribution in [0.2, 0.25) is 0 Å². The predicted molar refractivity (Wildman–Crippen MR) is 97.9 cm³/mol. The number of carbonyl (C=O) groups excluding carboxylic acids is 1. The summed E-state index contributed by atoms with van der Waals surface area (Å²) < 4.78 is 13.0. The molecule has 3 rings (SSSR count). The van der Waals surface area contributed by atoms with Gasteiger partial charge >= 0.3 is 0 Å². The Morgan fingerprint density at radius 2 is 1.54 bits per heavy atom. The van der Waals surface area contributed by atoms with Gasteiger partial charge in [0, 0.05) is 23.5 Å². The summed E-state index contributed by atoms with van der Waals surface area (Å²) in [5, 5.41) is 0. The van der Waals surface area contributed by atoms with Crippen LogP contribution in [0.5, 0.6) is 0 Å². The van der Waals surface area contributed by atoms with Crippen LogP contribution < -0.4 is 0 Å². The van der Waals surface area contributed by atoms with Crippen LogP contribution in [0.25, 0.3) is 0 Å². The Kier molecular flexibility index (Phi) is 5.05. The standard InChI is InChI=1S/C20H20FNOS/c1-14-2-4-15(5-3-14)19(24)16-10-12-22(13-11-16)20(23)17-6-8-18(21)9-7-17/h2-9,16H,10-13H2,1H3. The Hall–Kier alpha value is -2.07. The fraction of sp³-hybridized carbons (Fsp3) is 0.300. The maximum absolute atomic E-state index is 13.0. The van der Waals surface area contributed by atoms with Crippen LogP contribution in [0.1, 0.15) is 34.3 Å². The first kappa shape index (κ1) is 16.8. The number of piperidine rings is 1. The van der Waals surface area contributed by atoms with Crippen LogP contribution in [0, 0.1) is 18.7 Å². The van der Waals surface area contributed by atoms with E-state index in [0.717, 1.165) is 23.3 Å². The van der Waals surface area contributed by atoms with E-state index < -0.39 is 0 Å². The molecule has 2 aromatic rings. The molecule has 1 aliphatic rings. The van der Waals surface area contributed by atoms with Crippen LogP contribution in [-0.4, -0.2) is 28.8 Å². The fourth-order valence-electron chi connectivity index (χ4n) is 3.07. The number of thiocarbonyl (C=S) groups is 1. The molecule has 1 saturated heterocycles. The zero-order chi connectivity index (χ0) is 17.1. The number of hydrogen-bond acceptors (Lipinski definition) is 2. The number of nitrogens with zero attached hydrogens (tertiary/aromatic N) is 1. The lowest BCUT2D eigenvalue weighted by atomic mass is 9.89. The molecule has 0 unspecified atom stereocenters. The number of aryl methyl sites for hydroxylation is 1. The summed E-state index contributed by atoms with van der Waals surface area (Å²) in [6, 6.07) is 14.0. The SMILES string of the molecule is Cc1ccc(C(=S)C2CCN(C(=O)c3ccc(F)cc3)CC2)cc1. The van der Waals surface area contributed by atoms with E-state index in [1.807, 2.05) is 4.90 Å². The zero-order valence-electron chi connectivity index (χ0n) is 13.7. The van der Waals surface area contributed by atoms with Gasteiger partial charge in [0.05, 0.1) is 0 Å². The van der Waals surface area contributed by atoms with Crippen molar-refractivity contribution in [1.29, 1.82) is 0 Å². The van der Waals surface area contributed by atoms with Crippen molar-refractivity contribution in [3.05, 3.63) is 71.0 Å². The van der Waals surface area contributed by atoms with Crippen molar-refractivity contribution in [3.63, 3.8) is 0 Å². The van der Waals surface area contributed by atoms with E-state index in [2.05, 4.69) is 31.2 Å². The van der Waals surface area contributed by atoms with Gasteiger partial charge in [0.15, 0.2) is 0 Å². The minimum absolute atomic E-state index is 0.0327. The second-order valence-electron chi connectivity index (χ2n) is 6.30. The molecular weight excluding hydrogens is 321 g/mol. The molecule has 24 heavy (non-hydrogen) atoms. The van der Waals surface area contributed by atoms with Crippen molar-refractivity contribution in [2.24, 2.45) is 5.92 Å². The van der Waals surface area contributed by atoms with Gasteiger partial charge < -0.3 is 4.90 Å². The molecule has 4 heteroatoms. The Morgan fingerprint density at radius 1 is 1.00 bits per heavy atom. The lowest BCUT2D eigenvalue weighted by Crippen LogP contribution is -2.40. The van der Waals surface area contributed by atoms with Gasteiger partial charge in [-0.25, -0.2) is 4.39 Å². The lowest BCUT2D eigenvalue weighted by molar-refractivity contribution is 0.0711. The minimum atomic E-state index is -0.325. The number of hydrogen-bond donors (Lipinski definition) is 0. The molecule has 0 bridgehead atoms. The van der Waals surface area contributed by atoms with Crippen molar-refractivity contribution in [2.45, 2.75) is 19.8 Å². The molecule has 2 aromatic carbocycles. The molecular formula is C20H20FNOS. The van der Waals surface area contributed by atoms with Gasteiger partial charge in [0.2, 0.25) is 0 Å². The van der Waals surface area contributed by atoms with Crippen molar-refractivity contribution in [3.8, 4) is 0 Å². The molecule has 0 saturated carbocycles. The first-order valence-electron chi connectivity index (χ1n) is 8.20. The highest BCUT2D eigenvalue weighted by Gasteiger charge is 2.26. The number of carbonyl (C=O) groups is 1. The van der Waals surface area contributed by atoms with Gasteiger partial charge in [0.25, 0.3) is 5.91 Å². The minimum Gasteiger partial charge on any atom is -0.339 e. The summed E-state index contributed by atoms with van der Waals surface area (Å²) in [6.45, 7) is 3.44. The highest BCUT2D eigenvalue weighted by molar-refractivity contribution is 7.80. The van der Waals surface area contributed by atoms with E-state index in [1.54, 1.807) is 12.1 Å². The quantitative estimate of drug-likeness (QED) is 0.609. The van der Waals surface area contributed by atoms with Crippen LogP contribution in [-0.2, 0) is 0 Å². The molecule has 1 amide bonds. The van der Waals surface area contributed by atoms with Gasteiger partial charge in [-0.1, -0.05) is 42.0 Å². The van der Waals surface area contributed by atoms with E-state index in [0.29, 0.717) is 24.6 Å². The van der Waals surface area contributed by atoms with E-state index in [9.17, 15) is 9.18 Å². The molecule has 124 valence electrons. The second kappa shape index (κ2) is 7.22. The smallest absolute Gasteiger partial charge is 0.253 e. The van der Waals surface area contributed by atoms with Gasteiger partial charge in [-0.3, -0.25) is 4.79 Å². The van der Waals surface area contributed by atoms with Crippen molar-refractivity contribution < 1.29 is 9.18 Å². The average molecular weight is 341 g/mol. The largest absolute Gasteiger partial charge is 0.339 e. The monoisotopic (exact) mass is 341 g/mol. The number of likely N-dealkylation sites (tertiary alicyclic amines) is 1. The Bertz CT molecular complexity index is 666. The molecule has 0 radical (unpaired) electrons. The van der Waals surface area contributed by atoms with Crippen LogP contribution in [0.4, 0.5) is 4.39 Å².